The van der Waals surface area contributed by atoms with E-state index < -0.39 is 0 Å². The van der Waals surface area contributed by atoms with Crippen molar-refractivity contribution in [2.24, 2.45) is 5.41 Å². The summed E-state index contributed by atoms with van der Waals surface area (Å²) >= 11 is 0. The van der Waals surface area contributed by atoms with Crippen molar-refractivity contribution in [3.05, 3.63) is 29.8 Å². The highest BCUT2D eigenvalue weighted by atomic mass is 16.5. The van der Waals surface area contributed by atoms with Gasteiger partial charge in [-0.25, -0.2) is 0 Å². The van der Waals surface area contributed by atoms with Gasteiger partial charge in [0.2, 0.25) is 0 Å². The third-order valence-corrected chi connectivity index (χ3v) is 3.16. The van der Waals surface area contributed by atoms with Crippen molar-refractivity contribution in [2.45, 2.75) is 33.7 Å². The molecule has 0 atom stereocenters. The normalized spacial score (nSPS) is 11.0. The quantitative estimate of drug-likeness (QED) is 0.745. The summed E-state index contributed by atoms with van der Waals surface area (Å²) in [6, 6.07) is 8.01. The fraction of sp³-hybridized carbons (Fsp3) is 0.500. The SMILES string of the molecule is C#CCOc1ccccc1CNCC(C)(C)CC. The van der Waals surface area contributed by atoms with Crippen molar-refractivity contribution in [1.82, 2.24) is 5.32 Å². The van der Waals surface area contributed by atoms with Crippen LogP contribution in [0.3, 0.4) is 0 Å². The van der Waals surface area contributed by atoms with E-state index in [0.717, 1.165) is 30.8 Å². The fourth-order valence-corrected chi connectivity index (χ4v) is 1.57. The largest absolute Gasteiger partial charge is 0.481 e. The number of terminal acetylenes is 1. The van der Waals surface area contributed by atoms with Crippen LogP contribution in [0, 0.1) is 17.8 Å². The maximum absolute atomic E-state index is 5.52. The molecule has 0 spiro atoms. The highest BCUT2D eigenvalue weighted by Crippen LogP contribution is 2.20. The van der Waals surface area contributed by atoms with E-state index >= 15 is 0 Å². The van der Waals surface area contributed by atoms with Crippen LogP contribution in [-0.4, -0.2) is 13.2 Å². The second-order valence-corrected chi connectivity index (χ2v) is 5.22. The molecule has 0 saturated carbocycles. The number of rotatable bonds is 7. The van der Waals surface area contributed by atoms with E-state index in [1.165, 1.54) is 0 Å². The summed E-state index contributed by atoms with van der Waals surface area (Å²) in [6.07, 6.45) is 6.37. The maximum Gasteiger partial charge on any atom is 0.148 e. The molecule has 2 nitrogen and oxygen atoms in total. The van der Waals surface area contributed by atoms with Crippen LogP contribution in [0.5, 0.6) is 5.75 Å². The molecule has 0 radical (unpaired) electrons. The van der Waals surface area contributed by atoms with Crippen LogP contribution in [0.15, 0.2) is 24.3 Å². The van der Waals surface area contributed by atoms with E-state index in [4.69, 9.17) is 11.2 Å². The van der Waals surface area contributed by atoms with Crippen molar-refractivity contribution in [1.29, 1.82) is 0 Å². The van der Waals surface area contributed by atoms with Crippen molar-refractivity contribution in [3.8, 4) is 18.1 Å². The maximum atomic E-state index is 5.52. The molecule has 98 valence electrons. The molecule has 1 aromatic carbocycles. The van der Waals surface area contributed by atoms with Gasteiger partial charge in [0.1, 0.15) is 12.4 Å². The molecule has 0 aliphatic carbocycles. The lowest BCUT2D eigenvalue weighted by Gasteiger charge is -2.23. The second kappa shape index (κ2) is 7.08. The van der Waals surface area contributed by atoms with Gasteiger partial charge < -0.3 is 10.1 Å². The first-order valence-corrected chi connectivity index (χ1v) is 6.44. The minimum atomic E-state index is 0.317. The van der Waals surface area contributed by atoms with Crippen molar-refractivity contribution >= 4 is 0 Å². The molecule has 0 unspecified atom stereocenters. The van der Waals surface area contributed by atoms with Gasteiger partial charge in [0, 0.05) is 18.7 Å². The first kappa shape index (κ1) is 14.6. The van der Waals surface area contributed by atoms with Crippen LogP contribution in [0.1, 0.15) is 32.8 Å². The average molecular weight is 245 g/mol. The van der Waals surface area contributed by atoms with Gasteiger partial charge in [-0.3, -0.25) is 0 Å². The van der Waals surface area contributed by atoms with Crippen LogP contribution in [0.4, 0.5) is 0 Å². The Labute approximate surface area is 111 Å². The Kier molecular flexibility index (Phi) is 5.74. The lowest BCUT2D eigenvalue weighted by molar-refractivity contribution is 0.324. The standard InChI is InChI=1S/C16H23NO/c1-5-11-18-15-10-8-7-9-14(15)12-17-13-16(3,4)6-2/h1,7-10,17H,6,11-13H2,2-4H3. The zero-order valence-electron chi connectivity index (χ0n) is 11.6. The molecule has 1 aromatic rings. The molecular formula is C16H23NO. The second-order valence-electron chi connectivity index (χ2n) is 5.22. The highest BCUT2D eigenvalue weighted by Gasteiger charge is 2.14. The van der Waals surface area contributed by atoms with Crippen molar-refractivity contribution in [2.75, 3.05) is 13.2 Å². The zero-order chi connectivity index (χ0) is 13.4. The van der Waals surface area contributed by atoms with Crippen LogP contribution in [0.2, 0.25) is 0 Å². The Morgan fingerprint density at radius 3 is 2.72 bits per heavy atom. The first-order valence-electron chi connectivity index (χ1n) is 6.44. The number of ether oxygens (including phenoxy) is 1. The minimum Gasteiger partial charge on any atom is -0.481 e. The third kappa shape index (κ3) is 4.81. The monoisotopic (exact) mass is 245 g/mol. The molecule has 18 heavy (non-hydrogen) atoms. The van der Waals surface area contributed by atoms with E-state index in [1.54, 1.807) is 0 Å². The first-order chi connectivity index (χ1) is 8.59. The molecule has 0 aliphatic rings. The molecule has 0 saturated heterocycles. The number of hydrogen-bond donors (Lipinski definition) is 1. The van der Waals surface area contributed by atoms with E-state index in [0.29, 0.717) is 12.0 Å². The molecule has 0 fully saturated rings. The van der Waals surface area contributed by atoms with Crippen LogP contribution >= 0.6 is 0 Å². The molecule has 0 aromatic heterocycles. The third-order valence-electron chi connectivity index (χ3n) is 3.16. The smallest absolute Gasteiger partial charge is 0.148 e. The summed E-state index contributed by atoms with van der Waals surface area (Å²) in [5.74, 6) is 3.36. The lowest BCUT2D eigenvalue weighted by atomic mass is 9.90. The molecule has 1 rings (SSSR count). The molecule has 0 heterocycles. The predicted molar refractivity (Wildman–Crippen MR) is 76.5 cm³/mol. The molecule has 1 N–H and O–H groups in total. The average Bonchev–Trinajstić information content (AvgIpc) is 2.37. The Morgan fingerprint density at radius 2 is 2.06 bits per heavy atom. The van der Waals surface area contributed by atoms with Gasteiger partial charge >= 0.3 is 0 Å². The highest BCUT2D eigenvalue weighted by molar-refractivity contribution is 5.33. The molecule has 0 aliphatic heterocycles. The van der Waals surface area contributed by atoms with Gasteiger partial charge in [-0.15, -0.1) is 6.42 Å². The summed E-state index contributed by atoms with van der Waals surface area (Å²) < 4.78 is 5.52. The van der Waals surface area contributed by atoms with Gasteiger partial charge in [0.25, 0.3) is 0 Å². The summed E-state index contributed by atoms with van der Waals surface area (Å²) in [5.41, 5.74) is 1.48. The van der Waals surface area contributed by atoms with E-state index in [2.05, 4.69) is 38.1 Å². The molecule has 0 amide bonds. The zero-order valence-corrected chi connectivity index (χ0v) is 11.6. The molecule has 0 bridgehead atoms. The predicted octanol–water partition coefficient (Wildman–Crippen LogP) is 3.22. The summed E-state index contributed by atoms with van der Waals surface area (Å²) in [5, 5.41) is 3.48. The van der Waals surface area contributed by atoms with Gasteiger partial charge in [-0.05, 0) is 17.9 Å². The molecular weight excluding hydrogens is 222 g/mol. The Morgan fingerprint density at radius 1 is 1.33 bits per heavy atom. The summed E-state index contributed by atoms with van der Waals surface area (Å²) in [6.45, 7) is 8.86. The molecule has 2 heteroatoms. The Balaban J connectivity index is 2.54. The summed E-state index contributed by atoms with van der Waals surface area (Å²) in [4.78, 5) is 0. The Bertz CT molecular complexity index is 404. The van der Waals surface area contributed by atoms with E-state index in [1.807, 2.05) is 18.2 Å². The van der Waals surface area contributed by atoms with Crippen LogP contribution < -0.4 is 10.1 Å². The fourth-order valence-electron chi connectivity index (χ4n) is 1.57. The van der Waals surface area contributed by atoms with Crippen molar-refractivity contribution < 1.29 is 4.74 Å². The number of para-hydroxylation sites is 1. The van der Waals surface area contributed by atoms with E-state index in [-0.39, 0.29) is 0 Å². The number of nitrogens with one attached hydrogen (secondary N) is 1. The summed E-state index contributed by atoms with van der Waals surface area (Å²) in [7, 11) is 0. The number of benzene rings is 1. The van der Waals surface area contributed by atoms with Gasteiger partial charge in [-0.1, -0.05) is 44.9 Å². The van der Waals surface area contributed by atoms with Gasteiger partial charge in [0.05, 0.1) is 0 Å². The number of hydrogen-bond acceptors (Lipinski definition) is 2. The minimum absolute atomic E-state index is 0.317. The van der Waals surface area contributed by atoms with Crippen molar-refractivity contribution in [3.63, 3.8) is 0 Å². The van der Waals surface area contributed by atoms with Crippen LogP contribution in [-0.2, 0) is 6.54 Å². The van der Waals surface area contributed by atoms with E-state index in [9.17, 15) is 0 Å². The topological polar surface area (TPSA) is 21.3 Å². The Hall–Kier alpha value is -1.46. The van der Waals surface area contributed by atoms with Gasteiger partial charge in [-0.2, -0.15) is 0 Å². The lowest BCUT2D eigenvalue weighted by Crippen LogP contribution is -2.28. The van der Waals surface area contributed by atoms with Crippen LogP contribution in [0.25, 0.3) is 0 Å². The van der Waals surface area contributed by atoms with Gasteiger partial charge in [0.15, 0.2) is 0 Å².